The maximum atomic E-state index is 13.3. The molecule has 6 heteroatoms. The number of benzene rings is 2. The van der Waals surface area contributed by atoms with Crippen LogP contribution in [0.25, 0.3) is 0 Å². The minimum Gasteiger partial charge on any atom is -0.493 e. The Labute approximate surface area is 159 Å². The summed E-state index contributed by atoms with van der Waals surface area (Å²) in [4.78, 5) is 16.6. The molecule has 2 aromatic rings. The van der Waals surface area contributed by atoms with Crippen molar-refractivity contribution in [2.75, 3.05) is 39.9 Å². The number of carbonyl (C=O) groups is 1. The maximum absolute atomic E-state index is 13.3. The summed E-state index contributed by atoms with van der Waals surface area (Å²) in [5, 5.41) is 0. The molecule has 0 N–H and O–H groups in total. The van der Waals surface area contributed by atoms with Gasteiger partial charge in [0, 0.05) is 38.3 Å². The molecular formula is C21H25FN2O3. The smallest absolute Gasteiger partial charge is 0.254 e. The number of piperazine rings is 1. The van der Waals surface area contributed by atoms with Crippen LogP contribution in [-0.2, 0) is 6.54 Å². The van der Waals surface area contributed by atoms with Gasteiger partial charge in [0.15, 0.2) is 11.5 Å². The lowest BCUT2D eigenvalue weighted by atomic mass is 10.1. The number of amides is 1. The molecular weight excluding hydrogens is 347 g/mol. The van der Waals surface area contributed by atoms with Gasteiger partial charge < -0.3 is 14.4 Å². The fourth-order valence-electron chi connectivity index (χ4n) is 3.26. The lowest BCUT2D eigenvalue weighted by molar-refractivity contribution is 0.0628. The summed E-state index contributed by atoms with van der Waals surface area (Å²) in [5.74, 6) is 0.977. The largest absolute Gasteiger partial charge is 0.493 e. The minimum atomic E-state index is -0.385. The first-order valence-electron chi connectivity index (χ1n) is 9.17. The van der Waals surface area contributed by atoms with Gasteiger partial charge in [-0.15, -0.1) is 0 Å². The number of nitrogens with zero attached hydrogens (tertiary/aromatic N) is 2. The summed E-state index contributed by atoms with van der Waals surface area (Å²) in [7, 11) is 1.63. The fraction of sp³-hybridized carbons (Fsp3) is 0.381. The second-order valence-corrected chi connectivity index (χ2v) is 6.50. The van der Waals surface area contributed by atoms with E-state index >= 15 is 0 Å². The Balaban J connectivity index is 1.58. The van der Waals surface area contributed by atoms with Crippen LogP contribution in [0.2, 0.25) is 0 Å². The molecule has 0 aromatic heterocycles. The fourth-order valence-corrected chi connectivity index (χ4v) is 3.26. The van der Waals surface area contributed by atoms with E-state index in [1.165, 1.54) is 12.1 Å². The molecule has 0 unspecified atom stereocenters. The molecule has 3 rings (SSSR count). The molecule has 1 saturated heterocycles. The van der Waals surface area contributed by atoms with Crippen molar-refractivity contribution < 1.29 is 18.7 Å². The Morgan fingerprint density at radius 3 is 2.52 bits per heavy atom. The highest BCUT2D eigenvalue weighted by molar-refractivity contribution is 5.94. The van der Waals surface area contributed by atoms with E-state index in [4.69, 9.17) is 9.47 Å². The van der Waals surface area contributed by atoms with Crippen molar-refractivity contribution in [2.45, 2.75) is 13.5 Å². The number of hydrogen-bond donors (Lipinski definition) is 0. The van der Waals surface area contributed by atoms with Gasteiger partial charge in [0.25, 0.3) is 5.91 Å². The van der Waals surface area contributed by atoms with Crippen molar-refractivity contribution in [1.29, 1.82) is 0 Å². The molecule has 2 aromatic carbocycles. The highest BCUT2D eigenvalue weighted by Gasteiger charge is 2.22. The molecule has 27 heavy (non-hydrogen) atoms. The number of halogens is 1. The topological polar surface area (TPSA) is 42.0 Å². The zero-order valence-electron chi connectivity index (χ0n) is 15.8. The molecule has 1 heterocycles. The van der Waals surface area contributed by atoms with Crippen molar-refractivity contribution in [3.63, 3.8) is 0 Å². The molecule has 0 bridgehead atoms. The lowest BCUT2D eigenvalue weighted by Crippen LogP contribution is -2.48. The molecule has 1 aliphatic rings. The van der Waals surface area contributed by atoms with E-state index < -0.39 is 0 Å². The van der Waals surface area contributed by atoms with Gasteiger partial charge in [0.05, 0.1) is 13.7 Å². The van der Waals surface area contributed by atoms with Gasteiger partial charge in [-0.1, -0.05) is 12.1 Å². The van der Waals surface area contributed by atoms with E-state index in [0.717, 1.165) is 36.7 Å². The SMILES string of the molecule is CCOc1cc(CN2CCN(C(=O)c3cccc(F)c3)CC2)ccc1OC. The standard InChI is InChI=1S/C21H25FN2O3/c1-3-27-20-13-16(7-8-19(20)26-2)15-23-9-11-24(12-10-23)21(25)17-5-4-6-18(22)14-17/h4-8,13-14H,3,9-12,15H2,1-2H3. The van der Waals surface area contributed by atoms with Crippen molar-refractivity contribution in [2.24, 2.45) is 0 Å². The third-order valence-electron chi connectivity index (χ3n) is 4.67. The number of ether oxygens (including phenoxy) is 2. The molecule has 0 atom stereocenters. The summed E-state index contributed by atoms with van der Waals surface area (Å²) < 4.78 is 24.3. The van der Waals surface area contributed by atoms with Crippen LogP contribution in [0.4, 0.5) is 4.39 Å². The normalized spacial score (nSPS) is 14.9. The maximum Gasteiger partial charge on any atom is 0.254 e. The summed E-state index contributed by atoms with van der Waals surface area (Å²) in [6.45, 7) is 6.12. The molecule has 0 saturated carbocycles. The zero-order chi connectivity index (χ0) is 19.2. The van der Waals surface area contributed by atoms with Gasteiger partial charge in [-0.05, 0) is 42.8 Å². The summed E-state index contributed by atoms with van der Waals surface area (Å²) >= 11 is 0. The third-order valence-corrected chi connectivity index (χ3v) is 4.67. The van der Waals surface area contributed by atoms with E-state index in [1.54, 1.807) is 24.1 Å². The predicted molar refractivity (Wildman–Crippen MR) is 102 cm³/mol. The van der Waals surface area contributed by atoms with Gasteiger partial charge >= 0.3 is 0 Å². The molecule has 1 aliphatic heterocycles. The second-order valence-electron chi connectivity index (χ2n) is 6.50. The minimum absolute atomic E-state index is 0.114. The van der Waals surface area contributed by atoms with Crippen molar-refractivity contribution in [3.8, 4) is 11.5 Å². The number of hydrogen-bond acceptors (Lipinski definition) is 4. The van der Waals surface area contributed by atoms with Crippen LogP contribution in [0, 0.1) is 5.82 Å². The van der Waals surface area contributed by atoms with Crippen molar-refractivity contribution >= 4 is 5.91 Å². The summed E-state index contributed by atoms with van der Waals surface area (Å²) in [6, 6.07) is 11.8. The van der Waals surface area contributed by atoms with Crippen molar-refractivity contribution in [1.82, 2.24) is 9.80 Å². The van der Waals surface area contributed by atoms with Crippen LogP contribution in [0.1, 0.15) is 22.8 Å². The van der Waals surface area contributed by atoms with E-state index in [0.29, 0.717) is 25.3 Å². The van der Waals surface area contributed by atoms with Crippen molar-refractivity contribution in [3.05, 3.63) is 59.4 Å². The Hall–Kier alpha value is -2.60. The molecule has 144 valence electrons. The van der Waals surface area contributed by atoms with Crippen LogP contribution in [0.3, 0.4) is 0 Å². The first-order valence-corrected chi connectivity index (χ1v) is 9.17. The average Bonchev–Trinajstić information content (AvgIpc) is 2.68. The molecule has 0 radical (unpaired) electrons. The first kappa shape index (κ1) is 19.2. The van der Waals surface area contributed by atoms with Gasteiger partial charge in [-0.25, -0.2) is 4.39 Å². The lowest BCUT2D eigenvalue weighted by Gasteiger charge is -2.34. The molecule has 1 fully saturated rings. The third kappa shape index (κ3) is 4.77. The van der Waals surface area contributed by atoms with E-state index in [2.05, 4.69) is 4.90 Å². The van der Waals surface area contributed by atoms with Gasteiger partial charge in [0.1, 0.15) is 5.82 Å². The Bertz CT molecular complexity index is 789. The molecule has 5 nitrogen and oxygen atoms in total. The van der Waals surface area contributed by atoms with Crippen LogP contribution in [-0.4, -0.2) is 55.6 Å². The van der Waals surface area contributed by atoms with Gasteiger partial charge in [-0.3, -0.25) is 9.69 Å². The predicted octanol–water partition coefficient (Wildman–Crippen LogP) is 3.19. The van der Waals surface area contributed by atoms with E-state index in [9.17, 15) is 9.18 Å². The summed E-state index contributed by atoms with van der Waals surface area (Å²) in [6.07, 6.45) is 0. The zero-order valence-corrected chi connectivity index (χ0v) is 15.8. The highest BCUT2D eigenvalue weighted by atomic mass is 19.1. The molecule has 0 spiro atoms. The molecule has 0 aliphatic carbocycles. The summed E-state index contributed by atoms with van der Waals surface area (Å²) in [5.41, 5.74) is 1.55. The second kappa shape index (κ2) is 8.86. The Kier molecular flexibility index (Phi) is 6.29. The Morgan fingerprint density at radius 1 is 1.07 bits per heavy atom. The van der Waals surface area contributed by atoms with Crippen LogP contribution in [0.15, 0.2) is 42.5 Å². The van der Waals surface area contributed by atoms with Crippen LogP contribution >= 0.6 is 0 Å². The van der Waals surface area contributed by atoms with Crippen LogP contribution in [0.5, 0.6) is 11.5 Å². The first-order chi connectivity index (χ1) is 13.1. The average molecular weight is 372 g/mol. The van der Waals surface area contributed by atoms with Gasteiger partial charge in [-0.2, -0.15) is 0 Å². The highest BCUT2D eigenvalue weighted by Crippen LogP contribution is 2.28. The van der Waals surface area contributed by atoms with E-state index in [1.807, 2.05) is 25.1 Å². The number of rotatable bonds is 6. The van der Waals surface area contributed by atoms with Crippen LogP contribution < -0.4 is 9.47 Å². The van der Waals surface area contributed by atoms with Gasteiger partial charge in [0.2, 0.25) is 0 Å². The Morgan fingerprint density at radius 2 is 1.85 bits per heavy atom. The number of carbonyl (C=O) groups excluding carboxylic acids is 1. The molecule has 1 amide bonds. The monoisotopic (exact) mass is 372 g/mol. The van der Waals surface area contributed by atoms with E-state index in [-0.39, 0.29) is 11.7 Å². The quantitative estimate of drug-likeness (QED) is 0.781. The number of methoxy groups -OCH3 is 1.